The Hall–Kier alpha value is -1.58. The van der Waals surface area contributed by atoms with E-state index >= 15 is 0 Å². The van der Waals surface area contributed by atoms with Crippen LogP contribution in [-0.4, -0.2) is 18.0 Å². The van der Waals surface area contributed by atoms with Crippen LogP contribution >= 0.6 is 0 Å². The smallest absolute Gasteiger partial charge is 0.254 e. The van der Waals surface area contributed by atoms with E-state index in [2.05, 4.69) is 4.98 Å². The number of hydrogen-bond donors (Lipinski definition) is 1. The highest BCUT2D eigenvalue weighted by Gasteiger charge is 2.17. The van der Waals surface area contributed by atoms with E-state index in [1.807, 2.05) is 6.07 Å². The van der Waals surface area contributed by atoms with Gasteiger partial charge in [-0.1, -0.05) is 0 Å². The number of nitrogens with two attached hydrogens (primary N) is 1. The highest BCUT2D eigenvalue weighted by Crippen LogP contribution is 2.25. The maximum absolute atomic E-state index is 11.2. The van der Waals surface area contributed by atoms with Gasteiger partial charge in [0.2, 0.25) is 5.88 Å². The lowest BCUT2D eigenvalue weighted by atomic mass is 9.95. The second-order valence-electron chi connectivity index (χ2n) is 3.72. The quantitative estimate of drug-likeness (QED) is 0.787. The third-order valence-corrected chi connectivity index (χ3v) is 2.72. The Labute approximate surface area is 88.4 Å². The molecular formula is C11H14N2O2. The molecular weight excluding hydrogens is 192 g/mol. The van der Waals surface area contributed by atoms with Gasteiger partial charge in [0.05, 0.1) is 7.11 Å². The summed E-state index contributed by atoms with van der Waals surface area (Å²) >= 11 is 0. The number of ether oxygens (including phenoxy) is 1. The Morgan fingerprint density at radius 2 is 2.20 bits per heavy atom. The van der Waals surface area contributed by atoms with Gasteiger partial charge in [-0.15, -0.1) is 0 Å². The predicted octanol–water partition coefficient (Wildman–Crippen LogP) is 1.07. The van der Waals surface area contributed by atoms with Gasteiger partial charge in [-0.2, -0.15) is 0 Å². The minimum Gasteiger partial charge on any atom is -0.480 e. The summed E-state index contributed by atoms with van der Waals surface area (Å²) in [6.45, 7) is 0. The average Bonchev–Trinajstić information content (AvgIpc) is 2.27. The minimum absolute atomic E-state index is 0.350. The van der Waals surface area contributed by atoms with Gasteiger partial charge in [-0.25, -0.2) is 4.98 Å². The molecule has 1 aliphatic carbocycles. The molecule has 4 heteroatoms. The van der Waals surface area contributed by atoms with E-state index in [9.17, 15) is 4.79 Å². The summed E-state index contributed by atoms with van der Waals surface area (Å²) in [5.74, 6) is -0.129. The molecule has 0 aromatic carbocycles. The first-order valence-corrected chi connectivity index (χ1v) is 5.09. The van der Waals surface area contributed by atoms with Crippen molar-refractivity contribution in [3.05, 3.63) is 22.9 Å². The van der Waals surface area contributed by atoms with Crippen molar-refractivity contribution in [2.24, 2.45) is 5.73 Å². The second kappa shape index (κ2) is 3.88. The van der Waals surface area contributed by atoms with Gasteiger partial charge >= 0.3 is 0 Å². The molecule has 80 valence electrons. The van der Waals surface area contributed by atoms with Crippen LogP contribution in [0.25, 0.3) is 0 Å². The van der Waals surface area contributed by atoms with Gasteiger partial charge in [0.1, 0.15) is 5.56 Å². The van der Waals surface area contributed by atoms with Crippen molar-refractivity contribution in [1.29, 1.82) is 0 Å². The maximum Gasteiger partial charge on any atom is 0.254 e. The number of carbonyl (C=O) groups excluding carboxylic acids is 1. The Morgan fingerprint density at radius 3 is 2.87 bits per heavy atom. The van der Waals surface area contributed by atoms with Gasteiger partial charge in [-0.05, 0) is 37.3 Å². The molecule has 0 saturated heterocycles. The molecule has 0 bridgehead atoms. The molecule has 2 N–H and O–H groups in total. The highest BCUT2D eigenvalue weighted by atomic mass is 16.5. The highest BCUT2D eigenvalue weighted by molar-refractivity contribution is 5.95. The Balaban J connectivity index is 2.51. The summed E-state index contributed by atoms with van der Waals surface area (Å²) in [7, 11) is 1.50. The standard InChI is InChI=1S/C11H14N2O2/c1-15-11-8(10(12)14)6-7-4-2-3-5-9(7)13-11/h6H,2-5H2,1H3,(H2,12,14). The predicted molar refractivity (Wildman–Crippen MR) is 55.9 cm³/mol. The van der Waals surface area contributed by atoms with Crippen molar-refractivity contribution in [1.82, 2.24) is 4.98 Å². The number of amides is 1. The lowest BCUT2D eigenvalue weighted by Crippen LogP contribution is -2.16. The van der Waals surface area contributed by atoms with Crippen molar-refractivity contribution in [3.63, 3.8) is 0 Å². The van der Waals surface area contributed by atoms with Gasteiger partial charge in [0, 0.05) is 5.69 Å². The van der Waals surface area contributed by atoms with Gasteiger partial charge in [0.15, 0.2) is 0 Å². The fourth-order valence-corrected chi connectivity index (χ4v) is 1.95. The zero-order valence-electron chi connectivity index (χ0n) is 8.75. The summed E-state index contributed by atoms with van der Waals surface area (Å²) in [5, 5.41) is 0. The molecule has 1 aromatic rings. The SMILES string of the molecule is COc1nc2c(cc1C(N)=O)CCCC2. The number of nitrogens with zero attached hydrogens (tertiary/aromatic N) is 1. The largest absolute Gasteiger partial charge is 0.480 e. The van der Waals surface area contributed by atoms with Crippen LogP contribution in [0, 0.1) is 0 Å². The van der Waals surface area contributed by atoms with Gasteiger partial charge < -0.3 is 10.5 Å². The van der Waals surface area contributed by atoms with Crippen LogP contribution in [0.1, 0.15) is 34.5 Å². The topological polar surface area (TPSA) is 65.2 Å². The molecule has 2 rings (SSSR count). The van der Waals surface area contributed by atoms with Crippen LogP contribution in [-0.2, 0) is 12.8 Å². The van der Waals surface area contributed by atoms with E-state index in [1.54, 1.807) is 0 Å². The van der Waals surface area contributed by atoms with Crippen LogP contribution in [0.4, 0.5) is 0 Å². The molecule has 0 atom stereocenters. The molecule has 4 nitrogen and oxygen atoms in total. The third-order valence-electron chi connectivity index (χ3n) is 2.72. The van der Waals surface area contributed by atoms with Crippen LogP contribution in [0.5, 0.6) is 5.88 Å². The Kier molecular flexibility index (Phi) is 2.58. The fraction of sp³-hybridized carbons (Fsp3) is 0.455. The van der Waals surface area contributed by atoms with Crippen molar-refractivity contribution in [3.8, 4) is 5.88 Å². The molecule has 1 aromatic heterocycles. The van der Waals surface area contributed by atoms with Crippen LogP contribution in [0.15, 0.2) is 6.07 Å². The van der Waals surface area contributed by atoms with E-state index in [0.29, 0.717) is 11.4 Å². The lowest BCUT2D eigenvalue weighted by Gasteiger charge is -2.16. The van der Waals surface area contributed by atoms with Gasteiger partial charge in [0.25, 0.3) is 5.91 Å². The summed E-state index contributed by atoms with van der Waals surface area (Å²) in [5.41, 5.74) is 7.83. The van der Waals surface area contributed by atoms with Crippen molar-refractivity contribution >= 4 is 5.91 Å². The van der Waals surface area contributed by atoms with Crippen molar-refractivity contribution in [2.75, 3.05) is 7.11 Å². The first-order chi connectivity index (χ1) is 7.22. The molecule has 0 radical (unpaired) electrons. The average molecular weight is 206 g/mol. The van der Waals surface area contributed by atoms with E-state index in [1.165, 1.54) is 7.11 Å². The third kappa shape index (κ3) is 1.79. The van der Waals surface area contributed by atoms with Crippen molar-refractivity contribution < 1.29 is 9.53 Å². The zero-order chi connectivity index (χ0) is 10.8. The van der Waals surface area contributed by atoms with Crippen LogP contribution in [0.2, 0.25) is 0 Å². The normalized spacial score (nSPS) is 14.5. The monoisotopic (exact) mass is 206 g/mol. The first-order valence-electron chi connectivity index (χ1n) is 5.09. The molecule has 15 heavy (non-hydrogen) atoms. The second-order valence-corrected chi connectivity index (χ2v) is 3.72. The summed E-state index contributed by atoms with van der Waals surface area (Å²) in [6, 6.07) is 1.82. The Morgan fingerprint density at radius 1 is 1.47 bits per heavy atom. The summed E-state index contributed by atoms with van der Waals surface area (Å²) in [4.78, 5) is 15.5. The molecule has 0 fully saturated rings. The summed E-state index contributed by atoms with van der Waals surface area (Å²) < 4.78 is 5.06. The zero-order valence-corrected chi connectivity index (χ0v) is 8.75. The number of aromatic nitrogens is 1. The van der Waals surface area contributed by atoms with Crippen LogP contribution < -0.4 is 10.5 Å². The first kappa shape index (κ1) is 9.96. The number of primary amides is 1. The number of pyridine rings is 1. The van der Waals surface area contributed by atoms with E-state index < -0.39 is 5.91 Å². The van der Waals surface area contributed by atoms with E-state index in [0.717, 1.165) is 36.9 Å². The molecule has 1 heterocycles. The van der Waals surface area contributed by atoms with E-state index in [4.69, 9.17) is 10.5 Å². The van der Waals surface area contributed by atoms with E-state index in [-0.39, 0.29) is 0 Å². The lowest BCUT2D eigenvalue weighted by molar-refractivity contribution is 0.0996. The molecule has 1 aliphatic rings. The molecule has 0 spiro atoms. The Bertz CT molecular complexity index is 402. The number of aryl methyl sites for hydroxylation is 2. The fourth-order valence-electron chi connectivity index (χ4n) is 1.95. The molecule has 0 saturated carbocycles. The number of hydrogen-bond acceptors (Lipinski definition) is 3. The maximum atomic E-state index is 11.2. The molecule has 1 amide bonds. The van der Waals surface area contributed by atoms with Crippen molar-refractivity contribution in [2.45, 2.75) is 25.7 Å². The molecule has 0 aliphatic heterocycles. The number of fused-ring (bicyclic) bond motifs is 1. The minimum atomic E-state index is -0.479. The molecule has 0 unspecified atom stereocenters. The summed E-state index contributed by atoms with van der Waals surface area (Å²) in [6.07, 6.45) is 4.25. The number of carbonyl (C=O) groups is 1. The number of methoxy groups -OCH3 is 1. The van der Waals surface area contributed by atoms with Crippen LogP contribution in [0.3, 0.4) is 0 Å². The number of rotatable bonds is 2. The van der Waals surface area contributed by atoms with Gasteiger partial charge in [-0.3, -0.25) is 4.79 Å².